The molecule has 11 heteroatoms. The Morgan fingerprint density at radius 2 is 0.930 bits per heavy atom. The number of benzene rings is 4. The highest BCUT2D eigenvalue weighted by Crippen LogP contribution is 2.37. The molecule has 0 aliphatic carbocycles. The van der Waals surface area contributed by atoms with Crippen molar-refractivity contribution in [3.63, 3.8) is 0 Å². The maximum absolute atomic E-state index is 11.5. The predicted octanol–water partition coefficient (Wildman–Crippen LogP) is 4.62. The second-order valence-electron chi connectivity index (χ2n) is 9.60. The molecule has 0 atom stereocenters. The van der Waals surface area contributed by atoms with E-state index in [4.69, 9.17) is 14.0 Å². The SMILES string of the molecule is [NH3+]OS(=O)(=O)CCCOc1ccc(C(=C(c2ccccc2)c2ccc(OCCCS(=O)(=O)O)cc2)c2ccccc2)cc1. The molecule has 0 spiro atoms. The third-order valence-corrected chi connectivity index (χ3v) is 8.42. The average Bonchev–Trinajstić information content (AvgIpc) is 3.01. The lowest BCUT2D eigenvalue weighted by Crippen LogP contribution is -2.51. The molecule has 4 rings (SSSR count). The van der Waals surface area contributed by atoms with Crippen molar-refractivity contribution in [1.82, 2.24) is 0 Å². The minimum atomic E-state index is -4.03. The summed E-state index contributed by atoms with van der Waals surface area (Å²) in [5.74, 6) is 3.63. The van der Waals surface area contributed by atoms with Gasteiger partial charge >= 0.3 is 10.1 Å². The van der Waals surface area contributed by atoms with E-state index in [9.17, 15) is 16.8 Å². The smallest absolute Gasteiger partial charge is 0.313 e. The first-order chi connectivity index (χ1) is 20.6. The van der Waals surface area contributed by atoms with E-state index < -0.39 is 20.2 Å². The summed E-state index contributed by atoms with van der Waals surface area (Å²) in [6.07, 6.45) is 0.449. The van der Waals surface area contributed by atoms with Gasteiger partial charge in [-0.15, -0.1) is 0 Å². The van der Waals surface area contributed by atoms with Crippen molar-refractivity contribution in [2.24, 2.45) is 0 Å². The van der Waals surface area contributed by atoms with Gasteiger partial charge in [0, 0.05) is 0 Å². The summed E-state index contributed by atoms with van der Waals surface area (Å²) in [6.45, 7) is 0.367. The summed E-state index contributed by atoms with van der Waals surface area (Å²) in [4.78, 5) is 0. The van der Waals surface area contributed by atoms with Crippen LogP contribution >= 0.6 is 0 Å². The summed E-state index contributed by atoms with van der Waals surface area (Å²) < 4.78 is 69.6. The monoisotopic (exact) mass is 624 g/mol. The molecular formula is C32H34NO8S2+. The third-order valence-electron chi connectivity index (χ3n) is 6.46. The molecule has 0 bridgehead atoms. The van der Waals surface area contributed by atoms with Crippen LogP contribution in [0, 0.1) is 0 Å². The Labute approximate surface area is 252 Å². The van der Waals surface area contributed by atoms with Gasteiger partial charge in [0.2, 0.25) is 0 Å². The van der Waals surface area contributed by atoms with Gasteiger partial charge in [-0.3, -0.25) is 4.55 Å². The van der Waals surface area contributed by atoms with Crippen LogP contribution in [0.5, 0.6) is 11.5 Å². The Morgan fingerprint density at radius 3 is 1.30 bits per heavy atom. The molecule has 0 aliphatic rings. The molecule has 0 saturated carbocycles. The minimum absolute atomic E-state index is 0.156. The Morgan fingerprint density at radius 1 is 0.558 bits per heavy atom. The maximum atomic E-state index is 11.5. The van der Waals surface area contributed by atoms with Crippen LogP contribution in [-0.4, -0.2) is 46.1 Å². The van der Waals surface area contributed by atoms with Gasteiger partial charge in [0.15, 0.2) is 0 Å². The zero-order valence-electron chi connectivity index (χ0n) is 23.5. The van der Waals surface area contributed by atoms with Gasteiger partial charge in [0.1, 0.15) is 11.5 Å². The van der Waals surface area contributed by atoms with Gasteiger partial charge in [0.05, 0.1) is 24.7 Å². The number of quaternary nitrogens is 1. The van der Waals surface area contributed by atoms with Crippen LogP contribution in [-0.2, 0) is 24.5 Å². The number of rotatable bonds is 15. The van der Waals surface area contributed by atoms with E-state index in [2.05, 4.69) is 34.4 Å². The first-order valence-corrected chi connectivity index (χ1v) is 16.8. The zero-order valence-corrected chi connectivity index (χ0v) is 25.1. The molecule has 4 aromatic carbocycles. The van der Waals surface area contributed by atoms with E-state index in [0.717, 1.165) is 33.4 Å². The molecule has 226 valence electrons. The predicted molar refractivity (Wildman–Crippen MR) is 165 cm³/mol. The highest BCUT2D eigenvalue weighted by atomic mass is 32.2. The lowest BCUT2D eigenvalue weighted by atomic mass is 9.86. The third kappa shape index (κ3) is 9.77. The Kier molecular flexibility index (Phi) is 11.1. The van der Waals surface area contributed by atoms with Crippen LogP contribution in [0.2, 0.25) is 0 Å². The fourth-order valence-corrected chi connectivity index (χ4v) is 5.54. The molecule has 0 fully saturated rings. The summed E-state index contributed by atoms with van der Waals surface area (Å²) in [5.41, 5.74) is 5.92. The quantitative estimate of drug-likeness (QED) is 0.0844. The van der Waals surface area contributed by atoms with E-state index in [1.807, 2.05) is 84.9 Å². The fourth-order valence-electron chi connectivity index (χ4n) is 4.47. The highest BCUT2D eigenvalue weighted by Gasteiger charge is 2.17. The van der Waals surface area contributed by atoms with Crippen LogP contribution in [0.15, 0.2) is 109 Å². The van der Waals surface area contributed by atoms with Crippen LogP contribution in [0.4, 0.5) is 0 Å². The lowest BCUT2D eigenvalue weighted by molar-refractivity contribution is -0.634. The standard InChI is InChI=1S/C32H33NO8S2/c33-41-43(37,38)24-8-22-40-30-19-15-28(16-20-30)32(26-11-5-2-6-12-26)31(25-9-3-1-4-10-25)27-13-17-29(18-14-27)39-21-7-23-42(34,35)36/h1-6,9-20H,7-8,21-24H2,33H3/p+1. The summed E-state index contributed by atoms with van der Waals surface area (Å²) in [5, 5.41) is 0. The van der Waals surface area contributed by atoms with Crippen LogP contribution in [0.3, 0.4) is 0 Å². The molecule has 43 heavy (non-hydrogen) atoms. The van der Waals surface area contributed by atoms with E-state index in [1.54, 1.807) is 0 Å². The Bertz CT molecular complexity index is 1710. The van der Waals surface area contributed by atoms with Gasteiger partial charge in [-0.25, -0.2) is 0 Å². The molecule has 0 aliphatic heterocycles. The van der Waals surface area contributed by atoms with Crippen molar-refractivity contribution in [3.05, 3.63) is 131 Å². The van der Waals surface area contributed by atoms with Gasteiger partial charge in [0.25, 0.3) is 10.1 Å². The van der Waals surface area contributed by atoms with Crippen molar-refractivity contribution in [2.75, 3.05) is 24.7 Å². The van der Waals surface area contributed by atoms with Crippen molar-refractivity contribution < 1.29 is 41.0 Å². The number of hydrogen-bond acceptors (Lipinski definition) is 7. The van der Waals surface area contributed by atoms with Crippen molar-refractivity contribution in [1.29, 1.82) is 0 Å². The molecule has 0 aromatic heterocycles. The lowest BCUT2D eigenvalue weighted by Gasteiger charge is -2.19. The largest absolute Gasteiger partial charge is 0.494 e. The van der Waals surface area contributed by atoms with Crippen LogP contribution < -0.4 is 15.4 Å². The molecule has 0 radical (unpaired) electrons. The van der Waals surface area contributed by atoms with Crippen LogP contribution in [0.1, 0.15) is 35.1 Å². The molecule has 0 heterocycles. The van der Waals surface area contributed by atoms with E-state index in [-0.39, 0.29) is 37.6 Å². The normalized spacial score (nSPS) is 12.4. The first kappa shape index (κ1) is 31.9. The second-order valence-corrected chi connectivity index (χ2v) is 12.9. The van der Waals surface area contributed by atoms with Gasteiger partial charge in [-0.1, -0.05) is 89.2 Å². The van der Waals surface area contributed by atoms with Gasteiger partial charge in [-0.2, -0.15) is 22.7 Å². The van der Waals surface area contributed by atoms with E-state index >= 15 is 0 Å². The van der Waals surface area contributed by atoms with Crippen LogP contribution in [0.25, 0.3) is 11.1 Å². The maximum Gasteiger partial charge on any atom is 0.313 e. The average molecular weight is 625 g/mol. The topological polar surface area (TPSA) is 144 Å². The molecular weight excluding hydrogens is 590 g/mol. The number of hydrogen-bond donors (Lipinski definition) is 2. The Hall–Kier alpha value is -4.00. The number of ether oxygens (including phenoxy) is 2. The van der Waals surface area contributed by atoms with Gasteiger partial charge < -0.3 is 9.47 Å². The van der Waals surface area contributed by atoms with E-state index in [0.29, 0.717) is 11.5 Å². The molecule has 0 saturated heterocycles. The van der Waals surface area contributed by atoms with Crippen molar-refractivity contribution in [3.8, 4) is 11.5 Å². The molecule has 4 N–H and O–H groups in total. The van der Waals surface area contributed by atoms with E-state index in [1.165, 1.54) is 0 Å². The molecule has 0 unspecified atom stereocenters. The molecule has 4 aromatic rings. The fraction of sp³-hybridized carbons (Fsp3) is 0.188. The van der Waals surface area contributed by atoms with Gasteiger partial charge in [-0.05, 0) is 70.5 Å². The second kappa shape index (κ2) is 14.9. The highest BCUT2D eigenvalue weighted by molar-refractivity contribution is 7.86. The summed E-state index contributed by atoms with van der Waals surface area (Å²) in [7, 11) is -7.66. The zero-order chi connectivity index (χ0) is 30.7. The first-order valence-electron chi connectivity index (χ1n) is 13.6. The molecule has 0 amide bonds. The van der Waals surface area contributed by atoms with Crippen molar-refractivity contribution in [2.45, 2.75) is 12.8 Å². The summed E-state index contributed by atoms with van der Waals surface area (Å²) in [6, 6.07) is 35.4. The Balaban J connectivity index is 1.67. The molecule has 9 nitrogen and oxygen atoms in total. The minimum Gasteiger partial charge on any atom is -0.494 e. The summed E-state index contributed by atoms with van der Waals surface area (Å²) >= 11 is 0. The van der Waals surface area contributed by atoms with Crippen molar-refractivity contribution >= 4 is 31.4 Å².